The molecule has 2 N–H and O–H groups in total. The van der Waals surface area contributed by atoms with Crippen LogP contribution in [0, 0.1) is 6.92 Å². The van der Waals surface area contributed by atoms with Gasteiger partial charge < -0.3 is 15.5 Å². The minimum atomic E-state index is -4.36. The summed E-state index contributed by atoms with van der Waals surface area (Å²) >= 11 is 0. The van der Waals surface area contributed by atoms with Crippen LogP contribution in [0.4, 0.5) is 24.5 Å². The van der Waals surface area contributed by atoms with Crippen LogP contribution in [0.15, 0.2) is 42.5 Å². The van der Waals surface area contributed by atoms with Crippen LogP contribution in [0.2, 0.25) is 0 Å². The molecular formula is C19H22Cl2F3N3O. The maximum Gasteiger partial charge on any atom is 0.416 e. The summed E-state index contributed by atoms with van der Waals surface area (Å²) in [5.74, 6) is -0.0986. The largest absolute Gasteiger partial charge is 0.416 e. The third kappa shape index (κ3) is 5.23. The molecule has 28 heavy (non-hydrogen) atoms. The standard InChI is InChI=1S/C19H20F3N3O.2ClH/c1-13-5-6-15(23)12-17(13)18(26)25-9-7-24(8-10-25)16-4-2-3-14(11-16)19(20,21)22;;/h2-6,11-12H,7-10,23H2,1H3;2*1H. The maximum absolute atomic E-state index is 12.9. The van der Waals surface area contributed by atoms with Gasteiger partial charge in [-0.25, -0.2) is 0 Å². The highest BCUT2D eigenvalue weighted by Gasteiger charge is 2.31. The van der Waals surface area contributed by atoms with Crippen molar-refractivity contribution in [3.8, 4) is 0 Å². The summed E-state index contributed by atoms with van der Waals surface area (Å²) in [6, 6.07) is 10.5. The Balaban J connectivity index is 0.00000196. The summed E-state index contributed by atoms with van der Waals surface area (Å²) in [6.07, 6.45) is -4.36. The molecule has 0 aliphatic carbocycles. The Kier molecular flexibility index (Phi) is 8.02. The summed E-state index contributed by atoms with van der Waals surface area (Å²) in [6.45, 7) is 3.71. The summed E-state index contributed by atoms with van der Waals surface area (Å²) in [4.78, 5) is 16.3. The van der Waals surface area contributed by atoms with E-state index >= 15 is 0 Å². The number of rotatable bonds is 2. The van der Waals surface area contributed by atoms with E-state index in [0.717, 1.165) is 17.7 Å². The second kappa shape index (κ2) is 9.39. The first-order chi connectivity index (χ1) is 12.3. The number of hydrogen-bond donors (Lipinski definition) is 1. The summed E-state index contributed by atoms with van der Waals surface area (Å²) in [7, 11) is 0. The van der Waals surface area contributed by atoms with Crippen molar-refractivity contribution in [3.63, 3.8) is 0 Å². The molecule has 0 radical (unpaired) electrons. The SMILES string of the molecule is Cc1ccc(N)cc1C(=O)N1CCN(c2cccc(C(F)(F)F)c2)CC1.Cl.Cl. The summed E-state index contributed by atoms with van der Waals surface area (Å²) in [5, 5.41) is 0. The molecule has 1 saturated heterocycles. The van der Waals surface area contributed by atoms with Gasteiger partial charge in [0.05, 0.1) is 5.56 Å². The Hall–Kier alpha value is -2.12. The van der Waals surface area contributed by atoms with Crippen LogP contribution >= 0.6 is 24.8 Å². The highest BCUT2D eigenvalue weighted by molar-refractivity contribution is 5.96. The average Bonchev–Trinajstić information content (AvgIpc) is 2.63. The van der Waals surface area contributed by atoms with Gasteiger partial charge in [-0.3, -0.25) is 4.79 Å². The van der Waals surface area contributed by atoms with E-state index in [2.05, 4.69) is 0 Å². The molecule has 2 aromatic rings. The number of benzene rings is 2. The molecule has 154 valence electrons. The van der Waals surface area contributed by atoms with E-state index in [1.807, 2.05) is 11.8 Å². The predicted molar refractivity (Wildman–Crippen MR) is 110 cm³/mol. The van der Waals surface area contributed by atoms with Crippen molar-refractivity contribution in [2.24, 2.45) is 0 Å². The van der Waals surface area contributed by atoms with Crippen LogP contribution in [0.3, 0.4) is 0 Å². The molecule has 1 aliphatic heterocycles. The zero-order valence-corrected chi connectivity index (χ0v) is 16.8. The number of aryl methyl sites for hydroxylation is 1. The molecular weight excluding hydrogens is 414 g/mol. The Morgan fingerprint density at radius 1 is 1.00 bits per heavy atom. The fraction of sp³-hybridized carbons (Fsp3) is 0.316. The first-order valence-corrected chi connectivity index (χ1v) is 8.33. The number of nitrogens with two attached hydrogens (primary N) is 1. The van der Waals surface area contributed by atoms with Crippen LogP contribution in [0.25, 0.3) is 0 Å². The number of hydrogen-bond acceptors (Lipinski definition) is 3. The fourth-order valence-electron chi connectivity index (χ4n) is 3.09. The van der Waals surface area contributed by atoms with Crippen molar-refractivity contribution < 1.29 is 18.0 Å². The number of piperazine rings is 1. The van der Waals surface area contributed by atoms with E-state index in [4.69, 9.17) is 5.73 Å². The lowest BCUT2D eigenvalue weighted by Crippen LogP contribution is -2.49. The highest BCUT2D eigenvalue weighted by Crippen LogP contribution is 2.32. The number of anilines is 2. The number of halogens is 5. The van der Waals surface area contributed by atoms with Crippen molar-refractivity contribution in [3.05, 3.63) is 59.2 Å². The minimum absolute atomic E-state index is 0. The normalized spacial score (nSPS) is 14.1. The van der Waals surface area contributed by atoms with Gasteiger partial charge in [-0.2, -0.15) is 13.2 Å². The molecule has 0 saturated carbocycles. The molecule has 1 amide bonds. The number of amides is 1. The Bertz CT molecular complexity index is 822. The summed E-state index contributed by atoms with van der Waals surface area (Å²) < 4.78 is 38.6. The molecule has 1 heterocycles. The lowest BCUT2D eigenvalue weighted by Gasteiger charge is -2.36. The van der Waals surface area contributed by atoms with Crippen LogP contribution in [-0.2, 0) is 6.18 Å². The van der Waals surface area contributed by atoms with Crippen molar-refractivity contribution in [2.75, 3.05) is 36.8 Å². The number of alkyl halides is 3. The Morgan fingerprint density at radius 3 is 2.25 bits per heavy atom. The van der Waals surface area contributed by atoms with Gasteiger partial charge in [-0.1, -0.05) is 12.1 Å². The molecule has 0 unspecified atom stereocenters. The number of carbonyl (C=O) groups excluding carboxylic acids is 1. The van der Waals surface area contributed by atoms with Gasteiger partial charge in [-0.05, 0) is 42.8 Å². The lowest BCUT2D eigenvalue weighted by atomic mass is 10.1. The first kappa shape index (κ1) is 23.9. The van der Waals surface area contributed by atoms with E-state index in [1.54, 1.807) is 29.2 Å². The molecule has 0 atom stereocenters. The Morgan fingerprint density at radius 2 is 1.64 bits per heavy atom. The van der Waals surface area contributed by atoms with E-state index in [1.165, 1.54) is 6.07 Å². The molecule has 1 aliphatic rings. The van der Waals surface area contributed by atoms with Crippen molar-refractivity contribution in [1.82, 2.24) is 4.90 Å². The third-order valence-electron chi connectivity index (χ3n) is 4.60. The van der Waals surface area contributed by atoms with E-state index in [-0.39, 0.29) is 30.7 Å². The molecule has 3 rings (SSSR count). The van der Waals surface area contributed by atoms with E-state index in [0.29, 0.717) is 43.1 Å². The van der Waals surface area contributed by atoms with Crippen LogP contribution in [-0.4, -0.2) is 37.0 Å². The summed E-state index contributed by atoms with van der Waals surface area (Å²) in [5.41, 5.74) is 7.58. The number of nitrogens with zero attached hydrogens (tertiary/aromatic N) is 2. The zero-order chi connectivity index (χ0) is 18.9. The topological polar surface area (TPSA) is 49.6 Å². The van der Waals surface area contributed by atoms with Crippen molar-refractivity contribution in [2.45, 2.75) is 13.1 Å². The van der Waals surface area contributed by atoms with E-state index in [9.17, 15) is 18.0 Å². The molecule has 0 bridgehead atoms. The van der Waals surface area contributed by atoms with Crippen LogP contribution in [0.5, 0.6) is 0 Å². The quantitative estimate of drug-likeness (QED) is 0.711. The van der Waals surface area contributed by atoms with Crippen molar-refractivity contribution >= 4 is 42.1 Å². The monoisotopic (exact) mass is 435 g/mol. The predicted octanol–water partition coefficient (Wildman–Crippen LogP) is 4.40. The van der Waals surface area contributed by atoms with Crippen LogP contribution < -0.4 is 10.6 Å². The number of carbonyl (C=O) groups is 1. The average molecular weight is 436 g/mol. The molecule has 2 aromatic carbocycles. The highest BCUT2D eigenvalue weighted by atomic mass is 35.5. The Labute approximate surface area is 174 Å². The third-order valence-corrected chi connectivity index (χ3v) is 4.60. The smallest absolute Gasteiger partial charge is 0.399 e. The van der Waals surface area contributed by atoms with Crippen LogP contribution in [0.1, 0.15) is 21.5 Å². The zero-order valence-electron chi connectivity index (χ0n) is 15.2. The number of nitrogen functional groups attached to an aromatic ring is 1. The minimum Gasteiger partial charge on any atom is -0.399 e. The fourth-order valence-corrected chi connectivity index (χ4v) is 3.09. The van der Waals surface area contributed by atoms with Gasteiger partial charge >= 0.3 is 6.18 Å². The van der Waals surface area contributed by atoms with E-state index < -0.39 is 11.7 Å². The van der Waals surface area contributed by atoms with Gasteiger partial charge in [0.2, 0.25) is 0 Å². The second-order valence-corrected chi connectivity index (χ2v) is 6.40. The van der Waals surface area contributed by atoms with Gasteiger partial charge in [0.25, 0.3) is 5.91 Å². The van der Waals surface area contributed by atoms with Crippen molar-refractivity contribution in [1.29, 1.82) is 0 Å². The lowest BCUT2D eigenvalue weighted by molar-refractivity contribution is -0.137. The molecule has 4 nitrogen and oxygen atoms in total. The van der Waals surface area contributed by atoms with Gasteiger partial charge in [-0.15, -0.1) is 24.8 Å². The second-order valence-electron chi connectivity index (χ2n) is 6.40. The first-order valence-electron chi connectivity index (χ1n) is 8.33. The molecule has 0 aromatic heterocycles. The van der Waals surface area contributed by atoms with Gasteiger partial charge in [0.15, 0.2) is 0 Å². The molecule has 1 fully saturated rings. The van der Waals surface area contributed by atoms with Gasteiger partial charge in [0, 0.05) is 43.1 Å². The maximum atomic E-state index is 12.9. The molecule has 0 spiro atoms. The van der Waals surface area contributed by atoms with Gasteiger partial charge in [0.1, 0.15) is 0 Å². The molecule has 9 heteroatoms.